The number of fused-ring (bicyclic) bond motifs is 1. The summed E-state index contributed by atoms with van der Waals surface area (Å²) in [6, 6.07) is 6.21. The van der Waals surface area contributed by atoms with E-state index < -0.39 is 0 Å². The highest BCUT2D eigenvalue weighted by atomic mass is 16.1. The summed E-state index contributed by atoms with van der Waals surface area (Å²) < 4.78 is 0. The Morgan fingerprint density at radius 2 is 1.73 bits per heavy atom. The average molecular weight is 202 g/mol. The Kier molecular flexibility index (Phi) is 2.64. The molecule has 0 N–H and O–H groups in total. The van der Waals surface area contributed by atoms with Gasteiger partial charge in [0.2, 0.25) is 0 Å². The van der Waals surface area contributed by atoms with Gasteiger partial charge in [0.1, 0.15) is 0 Å². The van der Waals surface area contributed by atoms with Gasteiger partial charge in [-0.15, -0.1) is 0 Å². The lowest BCUT2D eigenvalue weighted by Gasteiger charge is -2.27. The maximum atomic E-state index is 11.3. The van der Waals surface area contributed by atoms with Crippen molar-refractivity contribution in [2.24, 2.45) is 0 Å². The topological polar surface area (TPSA) is 17.1 Å². The molecule has 1 aliphatic carbocycles. The molecular weight excluding hydrogens is 184 g/mol. The molecule has 15 heavy (non-hydrogen) atoms. The van der Waals surface area contributed by atoms with Gasteiger partial charge >= 0.3 is 0 Å². The number of benzene rings is 1. The van der Waals surface area contributed by atoms with E-state index in [-0.39, 0.29) is 5.78 Å². The van der Waals surface area contributed by atoms with Crippen LogP contribution in [0.4, 0.5) is 0 Å². The Morgan fingerprint density at radius 1 is 1.13 bits per heavy atom. The van der Waals surface area contributed by atoms with E-state index in [1.165, 1.54) is 24.0 Å². The lowest BCUT2D eigenvalue weighted by atomic mass is 9.77. The Labute approximate surface area is 91.5 Å². The van der Waals surface area contributed by atoms with Crippen LogP contribution in [0.5, 0.6) is 0 Å². The van der Waals surface area contributed by atoms with E-state index >= 15 is 0 Å². The fraction of sp³-hybridized carbons (Fsp3) is 0.500. The van der Waals surface area contributed by atoms with Crippen LogP contribution in [-0.4, -0.2) is 5.78 Å². The van der Waals surface area contributed by atoms with E-state index in [2.05, 4.69) is 26.0 Å². The minimum atomic E-state index is 0.170. The van der Waals surface area contributed by atoms with Crippen LogP contribution in [0.3, 0.4) is 0 Å². The van der Waals surface area contributed by atoms with Crippen molar-refractivity contribution < 1.29 is 4.79 Å². The quantitative estimate of drug-likeness (QED) is 0.631. The number of Topliss-reactive ketones (excluding diaryl/α,β-unsaturated/α-hetero) is 1. The summed E-state index contributed by atoms with van der Waals surface area (Å²) in [5.41, 5.74) is 3.69. The largest absolute Gasteiger partial charge is 0.295 e. The molecule has 0 saturated carbocycles. The molecular formula is C14H18O. The third kappa shape index (κ3) is 1.83. The maximum Gasteiger partial charge on any atom is 0.159 e. The Hall–Kier alpha value is -1.11. The number of rotatable bonds is 1. The standard InChI is InChI=1S/C14H18O/c1-9-4-5-10(2)14-8-12(11(3)15)6-7-13(9)14/h6-10H,4-5H2,1-3H3/t9-,10+/m1/s1. The van der Waals surface area contributed by atoms with E-state index in [4.69, 9.17) is 0 Å². The molecule has 0 radical (unpaired) electrons. The molecule has 1 aromatic carbocycles. The van der Waals surface area contributed by atoms with Crippen LogP contribution in [0.1, 0.15) is 66.9 Å². The van der Waals surface area contributed by atoms with Crippen molar-refractivity contribution in [3.05, 3.63) is 34.9 Å². The first-order chi connectivity index (χ1) is 7.09. The van der Waals surface area contributed by atoms with E-state index in [9.17, 15) is 4.79 Å². The van der Waals surface area contributed by atoms with Crippen molar-refractivity contribution in [1.29, 1.82) is 0 Å². The summed E-state index contributed by atoms with van der Waals surface area (Å²) in [5.74, 6) is 1.43. The van der Waals surface area contributed by atoms with Crippen LogP contribution in [0.2, 0.25) is 0 Å². The predicted octanol–water partition coefficient (Wildman–Crippen LogP) is 3.89. The second kappa shape index (κ2) is 3.80. The molecule has 1 aromatic rings. The lowest BCUT2D eigenvalue weighted by Crippen LogP contribution is -2.11. The first-order valence-electron chi connectivity index (χ1n) is 5.74. The van der Waals surface area contributed by atoms with E-state index in [0.717, 1.165) is 5.56 Å². The number of carbonyl (C=O) groups is 1. The van der Waals surface area contributed by atoms with Crippen LogP contribution in [0.15, 0.2) is 18.2 Å². The number of hydrogen-bond acceptors (Lipinski definition) is 1. The van der Waals surface area contributed by atoms with Crippen molar-refractivity contribution in [3.8, 4) is 0 Å². The van der Waals surface area contributed by atoms with E-state index in [1.54, 1.807) is 6.92 Å². The number of carbonyl (C=O) groups excluding carboxylic acids is 1. The van der Waals surface area contributed by atoms with Crippen molar-refractivity contribution in [2.45, 2.75) is 45.4 Å². The van der Waals surface area contributed by atoms with Crippen LogP contribution < -0.4 is 0 Å². The van der Waals surface area contributed by atoms with Crippen LogP contribution in [-0.2, 0) is 0 Å². The molecule has 2 rings (SSSR count). The molecule has 1 nitrogen and oxygen atoms in total. The van der Waals surface area contributed by atoms with Gasteiger partial charge in [-0.1, -0.05) is 26.0 Å². The zero-order chi connectivity index (χ0) is 11.0. The van der Waals surface area contributed by atoms with Gasteiger partial charge in [-0.05, 0) is 48.8 Å². The molecule has 0 fully saturated rings. The Morgan fingerprint density at radius 3 is 2.33 bits per heavy atom. The van der Waals surface area contributed by atoms with Gasteiger partial charge in [0, 0.05) is 5.56 Å². The SMILES string of the molecule is CC(=O)c1ccc2c(c1)[C@@H](C)CC[C@H]2C. The summed E-state index contributed by atoms with van der Waals surface area (Å²) >= 11 is 0. The summed E-state index contributed by atoms with van der Waals surface area (Å²) in [5, 5.41) is 0. The first-order valence-corrected chi connectivity index (χ1v) is 5.74. The Bertz CT molecular complexity index is 392. The lowest BCUT2D eigenvalue weighted by molar-refractivity contribution is 0.101. The highest BCUT2D eigenvalue weighted by molar-refractivity contribution is 5.94. The predicted molar refractivity (Wildman–Crippen MR) is 62.5 cm³/mol. The van der Waals surface area contributed by atoms with Gasteiger partial charge in [-0.2, -0.15) is 0 Å². The summed E-state index contributed by atoms with van der Waals surface area (Å²) in [6.45, 7) is 6.17. The molecule has 0 aliphatic heterocycles. The number of hydrogen-bond donors (Lipinski definition) is 0. The smallest absolute Gasteiger partial charge is 0.159 e. The first kappa shape index (κ1) is 10.4. The zero-order valence-electron chi connectivity index (χ0n) is 9.71. The number of ketones is 1. The molecule has 1 aliphatic rings. The molecule has 0 saturated heterocycles. The van der Waals surface area contributed by atoms with Crippen LogP contribution in [0, 0.1) is 0 Å². The molecule has 0 heterocycles. The highest BCUT2D eigenvalue weighted by Crippen LogP contribution is 2.38. The van der Waals surface area contributed by atoms with Gasteiger partial charge in [0.25, 0.3) is 0 Å². The molecule has 0 unspecified atom stereocenters. The normalized spacial score (nSPS) is 24.7. The third-order valence-electron chi connectivity index (χ3n) is 3.59. The minimum Gasteiger partial charge on any atom is -0.295 e. The monoisotopic (exact) mass is 202 g/mol. The van der Waals surface area contributed by atoms with Gasteiger partial charge in [0.05, 0.1) is 0 Å². The minimum absolute atomic E-state index is 0.170. The van der Waals surface area contributed by atoms with Crippen molar-refractivity contribution in [2.75, 3.05) is 0 Å². The molecule has 0 bridgehead atoms. The van der Waals surface area contributed by atoms with Crippen LogP contribution in [0.25, 0.3) is 0 Å². The van der Waals surface area contributed by atoms with Gasteiger partial charge in [0.15, 0.2) is 5.78 Å². The summed E-state index contributed by atoms with van der Waals surface area (Å²) in [7, 11) is 0. The second-order valence-electron chi connectivity index (χ2n) is 4.78. The average Bonchev–Trinajstić information content (AvgIpc) is 2.23. The Balaban J connectivity index is 2.49. The van der Waals surface area contributed by atoms with E-state index in [1.807, 2.05) is 6.07 Å². The molecule has 80 valence electrons. The van der Waals surface area contributed by atoms with Crippen molar-refractivity contribution in [3.63, 3.8) is 0 Å². The van der Waals surface area contributed by atoms with Crippen molar-refractivity contribution >= 4 is 5.78 Å². The molecule has 2 atom stereocenters. The molecule has 1 heteroatoms. The van der Waals surface area contributed by atoms with Gasteiger partial charge in [-0.3, -0.25) is 4.79 Å². The summed E-state index contributed by atoms with van der Waals surface area (Å²) in [6.07, 6.45) is 2.52. The third-order valence-corrected chi connectivity index (χ3v) is 3.59. The van der Waals surface area contributed by atoms with Crippen LogP contribution >= 0.6 is 0 Å². The van der Waals surface area contributed by atoms with Crippen molar-refractivity contribution in [1.82, 2.24) is 0 Å². The molecule has 0 amide bonds. The van der Waals surface area contributed by atoms with E-state index in [0.29, 0.717) is 11.8 Å². The molecule has 0 spiro atoms. The fourth-order valence-electron chi connectivity index (χ4n) is 2.48. The van der Waals surface area contributed by atoms with Gasteiger partial charge < -0.3 is 0 Å². The maximum absolute atomic E-state index is 11.3. The fourth-order valence-corrected chi connectivity index (χ4v) is 2.48. The second-order valence-corrected chi connectivity index (χ2v) is 4.78. The van der Waals surface area contributed by atoms with Gasteiger partial charge in [-0.25, -0.2) is 0 Å². The molecule has 0 aromatic heterocycles. The zero-order valence-corrected chi connectivity index (χ0v) is 9.71. The summed E-state index contributed by atoms with van der Waals surface area (Å²) in [4.78, 5) is 11.3. The highest BCUT2D eigenvalue weighted by Gasteiger charge is 2.22.